The number of nitrogens with two attached hydrogens (primary N) is 1. The van der Waals surface area contributed by atoms with Gasteiger partial charge in [-0.05, 0) is 12.1 Å². The molecule has 1 rings (SSSR count). The third-order valence-electron chi connectivity index (χ3n) is 1.79. The normalized spacial score (nSPS) is 11.0. The molecule has 1 aromatic carbocycles. The van der Waals surface area contributed by atoms with E-state index in [-0.39, 0.29) is 5.69 Å². The molecule has 0 heterocycles. The van der Waals surface area contributed by atoms with Crippen LogP contribution in [0.3, 0.4) is 0 Å². The van der Waals surface area contributed by atoms with Crippen LogP contribution in [-0.2, 0) is 0 Å². The van der Waals surface area contributed by atoms with E-state index in [0.717, 1.165) is 24.3 Å². The van der Waals surface area contributed by atoms with Crippen LogP contribution in [0, 0.1) is 10.1 Å². The number of nitro groups is 1. The summed E-state index contributed by atoms with van der Waals surface area (Å²) in [6, 6.07) is 1.55. The third-order valence-corrected chi connectivity index (χ3v) is 1.79. The highest BCUT2D eigenvalue weighted by molar-refractivity contribution is 5.91. The van der Waals surface area contributed by atoms with Gasteiger partial charge in [0.2, 0.25) is 0 Å². The van der Waals surface area contributed by atoms with Gasteiger partial charge >= 0.3 is 12.3 Å². The number of carbonyl (C=O) groups is 1. The number of benzene rings is 1. The fourth-order valence-electron chi connectivity index (χ4n) is 1.12. The number of amides is 2. The second-order valence-electron chi connectivity index (χ2n) is 2.91. The second kappa shape index (κ2) is 4.28. The minimum absolute atomic E-state index is 0.389. The van der Waals surface area contributed by atoms with Crippen LogP contribution in [0.1, 0.15) is 0 Å². The summed E-state index contributed by atoms with van der Waals surface area (Å²) >= 11 is 0. The first-order valence-electron chi connectivity index (χ1n) is 4.14. The third kappa shape index (κ3) is 2.83. The molecule has 0 aromatic heterocycles. The van der Waals surface area contributed by atoms with Crippen LogP contribution < -0.4 is 10.6 Å². The molecule has 0 saturated carbocycles. The van der Waals surface area contributed by atoms with Gasteiger partial charge in [-0.3, -0.25) is 10.1 Å². The number of nitro benzene ring substituents is 1. The maximum atomic E-state index is 12.4. The van der Waals surface area contributed by atoms with Gasteiger partial charge in [-0.15, -0.1) is 13.2 Å². The smallest absolute Gasteiger partial charge is 0.351 e. The molecule has 2 N–H and O–H groups in total. The first kappa shape index (κ1) is 12.7. The van der Waals surface area contributed by atoms with Crippen LogP contribution >= 0.6 is 0 Å². The summed E-state index contributed by atoms with van der Waals surface area (Å²) in [6.45, 7) is 0. The number of hydrogen-bond donors (Lipinski definition) is 1. The van der Waals surface area contributed by atoms with Gasteiger partial charge in [0.1, 0.15) is 0 Å². The SMILES string of the molecule is NC(=O)N(c1ccc([N+](=O)[O-])cc1)C(F)(F)F. The molecule has 92 valence electrons. The first-order chi connectivity index (χ1) is 7.73. The molecule has 0 saturated heterocycles. The van der Waals surface area contributed by atoms with Gasteiger partial charge in [-0.1, -0.05) is 0 Å². The Balaban J connectivity index is 3.13. The summed E-state index contributed by atoms with van der Waals surface area (Å²) in [6.07, 6.45) is -4.98. The molecular weight excluding hydrogens is 243 g/mol. The van der Waals surface area contributed by atoms with Crippen molar-refractivity contribution in [3.63, 3.8) is 0 Å². The highest BCUT2D eigenvalue weighted by atomic mass is 19.4. The number of primary amides is 1. The van der Waals surface area contributed by atoms with Crippen LogP contribution in [-0.4, -0.2) is 17.3 Å². The molecule has 0 spiro atoms. The summed E-state index contributed by atoms with van der Waals surface area (Å²) < 4.78 is 37.2. The van der Waals surface area contributed by atoms with Crippen LogP contribution in [0.2, 0.25) is 0 Å². The fraction of sp³-hybridized carbons (Fsp3) is 0.125. The Morgan fingerprint density at radius 3 is 2.06 bits per heavy atom. The van der Waals surface area contributed by atoms with E-state index in [0.29, 0.717) is 0 Å². The van der Waals surface area contributed by atoms with Crippen molar-refractivity contribution < 1.29 is 22.9 Å². The maximum Gasteiger partial charge on any atom is 0.493 e. The van der Waals surface area contributed by atoms with Gasteiger partial charge in [-0.2, -0.15) is 0 Å². The van der Waals surface area contributed by atoms with Gasteiger partial charge < -0.3 is 5.73 Å². The molecule has 0 aliphatic heterocycles. The Bertz CT molecular complexity index is 444. The molecule has 0 bridgehead atoms. The zero-order valence-corrected chi connectivity index (χ0v) is 8.14. The quantitative estimate of drug-likeness (QED) is 0.493. The molecule has 0 aliphatic rings. The number of anilines is 1. The summed E-state index contributed by atoms with van der Waals surface area (Å²) in [5, 5.41) is 10.3. The number of nitrogens with zero attached hydrogens (tertiary/aromatic N) is 2. The van der Waals surface area contributed by atoms with Crippen molar-refractivity contribution in [2.24, 2.45) is 5.73 Å². The second-order valence-corrected chi connectivity index (χ2v) is 2.91. The molecule has 2 amide bonds. The van der Waals surface area contributed by atoms with E-state index in [4.69, 9.17) is 0 Å². The molecular formula is C8H6F3N3O3. The van der Waals surface area contributed by atoms with Crippen LogP contribution in [0.15, 0.2) is 24.3 Å². The number of alkyl halides is 3. The van der Waals surface area contributed by atoms with Gasteiger partial charge in [0.15, 0.2) is 0 Å². The van der Waals surface area contributed by atoms with Crippen LogP contribution in [0.4, 0.5) is 29.3 Å². The van der Waals surface area contributed by atoms with Crippen molar-refractivity contribution in [1.29, 1.82) is 0 Å². The van der Waals surface area contributed by atoms with Gasteiger partial charge in [0.05, 0.1) is 10.6 Å². The average Bonchev–Trinajstić information content (AvgIpc) is 2.15. The molecule has 17 heavy (non-hydrogen) atoms. The molecule has 1 aromatic rings. The Kier molecular flexibility index (Phi) is 3.21. The highest BCUT2D eigenvalue weighted by Crippen LogP contribution is 2.29. The van der Waals surface area contributed by atoms with E-state index in [1.54, 1.807) is 0 Å². The maximum absolute atomic E-state index is 12.4. The largest absolute Gasteiger partial charge is 0.493 e. The summed E-state index contributed by atoms with van der Waals surface area (Å²) in [5.41, 5.74) is 3.61. The van der Waals surface area contributed by atoms with Gasteiger partial charge in [0.25, 0.3) is 5.69 Å². The van der Waals surface area contributed by atoms with Crippen molar-refractivity contribution in [2.75, 3.05) is 4.90 Å². The van der Waals surface area contributed by atoms with Crippen molar-refractivity contribution in [3.8, 4) is 0 Å². The predicted molar refractivity (Wildman–Crippen MR) is 51.2 cm³/mol. The molecule has 0 aliphatic carbocycles. The average molecular weight is 249 g/mol. The zero-order valence-electron chi connectivity index (χ0n) is 8.14. The summed E-state index contributed by atoms with van der Waals surface area (Å²) in [4.78, 5) is 19.6. The van der Waals surface area contributed by atoms with Crippen LogP contribution in [0.5, 0.6) is 0 Å². The van der Waals surface area contributed by atoms with E-state index >= 15 is 0 Å². The number of rotatable bonds is 2. The first-order valence-corrected chi connectivity index (χ1v) is 4.14. The van der Waals surface area contributed by atoms with E-state index in [1.165, 1.54) is 0 Å². The summed E-state index contributed by atoms with van der Waals surface area (Å²) in [7, 11) is 0. The monoisotopic (exact) mass is 249 g/mol. The van der Waals surface area contributed by atoms with Crippen molar-refractivity contribution in [3.05, 3.63) is 34.4 Å². The fourth-order valence-corrected chi connectivity index (χ4v) is 1.12. The summed E-state index contributed by atoms with van der Waals surface area (Å²) in [5.74, 6) is 0. The van der Waals surface area contributed by atoms with E-state index in [2.05, 4.69) is 5.73 Å². The lowest BCUT2D eigenvalue weighted by Gasteiger charge is -2.22. The van der Waals surface area contributed by atoms with Crippen molar-refractivity contribution in [1.82, 2.24) is 0 Å². The lowest BCUT2D eigenvalue weighted by Crippen LogP contribution is -2.46. The van der Waals surface area contributed by atoms with Crippen LogP contribution in [0.25, 0.3) is 0 Å². The Morgan fingerprint density at radius 2 is 1.76 bits per heavy atom. The molecule has 0 fully saturated rings. The van der Waals surface area contributed by atoms with E-state index in [1.807, 2.05) is 0 Å². The molecule has 0 unspecified atom stereocenters. The minimum Gasteiger partial charge on any atom is -0.351 e. The number of carbonyl (C=O) groups excluding carboxylic acids is 1. The molecule has 9 heteroatoms. The number of urea groups is 1. The predicted octanol–water partition coefficient (Wildman–Crippen LogP) is 2.00. The number of hydrogen-bond acceptors (Lipinski definition) is 3. The standard InChI is InChI=1S/C8H6F3N3O3/c9-8(10,11)13(7(12)15)5-1-3-6(4-2-5)14(16)17/h1-4H,(H2,12,15). The van der Waals surface area contributed by atoms with Gasteiger partial charge in [0, 0.05) is 12.1 Å². The van der Waals surface area contributed by atoms with E-state index in [9.17, 15) is 28.1 Å². The van der Waals surface area contributed by atoms with Crippen molar-refractivity contribution in [2.45, 2.75) is 6.30 Å². The number of non-ortho nitro benzene ring substituents is 1. The van der Waals surface area contributed by atoms with E-state index < -0.39 is 27.8 Å². The Labute approximate surface area is 92.6 Å². The molecule has 0 atom stereocenters. The zero-order chi connectivity index (χ0) is 13.2. The van der Waals surface area contributed by atoms with Gasteiger partial charge in [-0.25, -0.2) is 9.69 Å². The number of halogens is 3. The van der Waals surface area contributed by atoms with Crippen molar-refractivity contribution >= 4 is 17.4 Å². The Morgan fingerprint density at radius 1 is 1.29 bits per heavy atom. The molecule has 6 nitrogen and oxygen atoms in total. The topological polar surface area (TPSA) is 89.5 Å². The lowest BCUT2D eigenvalue weighted by atomic mass is 10.2. The molecule has 0 radical (unpaired) electrons. The lowest BCUT2D eigenvalue weighted by molar-refractivity contribution is -0.384. The highest BCUT2D eigenvalue weighted by Gasteiger charge is 2.41. The minimum atomic E-state index is -4.98. The Hall–Kier alpha value is -2.32.